The fourth-order valence-electron chi connectivity index (χ4n) is 3.04. The first kappa shape index (κ1) is 18.8. The van der Waals surface area contributed by atoms with Crippen LogP contribution in [0.25, 0.3) is 0 Å². The second-order valence-electron chi connectivity index (χ2n) is 6.25. The third-order valence-corrected chi connectivity index (χ3v) is 9.53. The van der Waals surface area contributed by atoms with Crippen LogP contribution in [0.4, 0.5) is 0 Å². The number of pyridine rings is 1. The Balaban J connectivity index is 2.06. The van der Waals surface area contributed by atoms with Crippen molar-refractivity contribution in [3.8, 4) is 0 Å². The number of rotatable bonds is 10. The average Bonchev–Trinajstić information content (AvgIpc) is 2.66. The Morgan fingerprint density at radius 1 is 1.00 bits per heavy atom. The summed E-state index contributed by atoms with van der Waals surface area (Å²) in [6, 6.07) is 18.1. The molecule has 0 saturated carbocycles. The largest absolute Gasteiger partial charge is 0.409 e. The van der Waals surface area contributed by atoms with E-state index in [1.54, 1.807) is 0 Å². The van der Waals surface area contributed by atoms with Crippen molar-refractivity contribution < 1.29 is 4.43 Å². The van der Waals surface area contributed by atoms with Gasteiger partial charge in [-0.05, 0) is 35.3 Å². The summed E-state index contributed by atoms with van der Waals surface area (Å²) < 4.78 is 6.75. The molecule has 0 saturated heterocycles. The smallest absolute Gasteiger partial charge is 0.192 e. The minimum absolute atomic E-state index is 0.0777. The lowest BCUT2D eigenvalue weighted by Gasteiger charge is -2.33. The maximum atomic E-state index is 6.75. The van der Waals surface area contributed by atoms with Gasteiger partial charge in [0.05, 0.1) is 6.10 Å². The molecule has 1 heterocycles. The van der Waals surface area contributed by atoms with Crippen LogP contribution in [0.15, 0.2) is 54.9 Å². The van der Waals surface area contributed by atoms with Crippen LogP contribution in [0, 0.1) is 0 Å². The zero-order chi connectivity index (χ0) is 17.3. The van der Waals surface area contributed by atoms with Gasteiger partial charge in [0.2, 0.25) is 0 Å². The molecule has 4 heteroatoms. The summed E-state index contributed by atoms with van der Waals surface area (Å²) in [5, 5.41) is 3.56. The first-order valence-electron chi connectivity index (χ1n) is 9.05. The predicted molar refractivity (Wildman–Crippen MR) is 103 cm³/mol. The maximum absolute atomic E-state index is 6.75. The molecule has 0 spiro atoms. The topological polar surface area (TPSA) is 34.1 Å². The van der Waals surface area contributed by atoms with E-state index < -0.39 is 8.32 Å². The molecule has 0 unspecified atom stereocenters. The van der Waals surface area contributed by atoms with Crippen LogP contribution in [0.5, 0.6) is 0 Å². The number of aromatic nitrogens is 1. The first-order valence-corrected chi connectivity index (χ1v) is 11.6. The van der Waals surface area contributed by atoms with E-state index in [1.807, 2.05) is 18.5 Å². The van der Waals surface area contributed by atoms with Crippen molar-refractivity contribution in [2.45, 2.75) is 51.6 Å². The van der Waals surface area contributed by atoms with E-state index in [9.17, 15) is 0 Å². The summed E-state index contributed by atoms with van der Waals surface area (Å²) in [4.78, 5) is 4.29. The van der Waals surface area contributed by atoms with E-state index in [4.69, 9.17) is 4.43 Å². The van der Waals surface area contributed by atoms with Gasteiger partial charge >= 0.3 is 0 Å². The van der Waals surface area contributed by atoms with Crippen LogP contribution in [-0.2, 0) is 11.0 Å². The second-order valence-corrected chi connectivity index (χ2v) is 11.0. The van der Waals surface area contributed by atoms with Gasteiger partial charge in [0.15, 0.2) is 8.32 Å². The van der Waals surface area contributed by atoms with E-state index in [0.29, 0.717) is 0 Å². The van der Waals surface area contributed by atoms with E-state index in [-0.39, 0.29) is 6.10 Å². The number of nitrogens with one attached hydrogen (secondary N) is 1. The molecule has 24 heavy (non-hydrogen) atoms. The van der Waals surface area contributed by atoms with Gasteiger partial charge in [0, 0.05) is 25.5 Å². The molecule has 130 valence electrons. The Morgan fingerprint density at radius 3 is 2.29 bits per heavy atom. The molecule has 0 bridgehead atoms. The van der Waals surface area contributed by atoms with Crippen molar-refractivity contribution in [1.82, 2.24) is 10.3 Å². The van der Waals surface area contributed by atoms with Crippen molar-refractivity contribution in [1.29, 1.82) is 0 Å². The molecule has 1 N–H and O–H groups in total. The molecule has 0 radical (unpaired) electrons. The monoisotopic (exact) mass is 342 g/mol. The van der Waals surface area contributed by atoms with Crippen LogP contribution in [0.1, 0.15) is 38.0 Å². The van der Waals surface area contributed by atoms with E-state index in [0.717, 1.165) is 31.2 Å². The Kier molecular flexibility index (Phi) is 7.63. The van der Waals surface area contributed by atoms with Crippen molar-refractivity contribution in [3.05, 3.63) is 66.0 Å². The number of benzene rings is 1. The summed E-state index contributed by atoms with van der Waals surface area (Å²) in [6.45, 7) is 8.50. The molecule has 1 atom stereocenters. The first-order chi connectivity index (χ1) is 11.7. The fraction of sp³-hybridized carbons (Fsp3) is 0.450. The molecule has 0 aliphatic carbocycles. The standard InChI is InChI=1S/C20H30N2OSi/c1-4-24(5-2,6-3)23-20(19-13-10-14-21-16-19)17-22-15-18-11-8-7-9-12-18/h7-14,16,20,22H,4-6,15,17H2,1-3H3/t20-/m0/s1. The van der Waals surface area contributed by atoms with E-state index >= 15 is 0 Å². The lowest BCUT2D eigenvalue weighted by molar-refractivity contribution is 0.185. The summed E-state index contributed by atoms with van der Waals surface area (Å²) >= 11 is 0. The van der Waals surface area contributed by atoms with Gasteiger partial charge in [-0.3, -0.25) is 4.98 Å². The van der Waals surface area contributed by atoms with Crippen molar-refractivity contribution in [2.75, 3.05) is 6.54 Å². The number of hydrogen-bond donors (Lipinski definition) is 1. The summed E-state index contributed by atoms with van der Waals surface area (Å²) in [7, 11) is -1.66. The van der Waals surface area contributed by atoms with Gasteiger partial charge in [0.1, 0.15) is 0 Å². The summed E-state index contributed by atoms with van der Waals surface area (Å²) in [6.07, 6.45) is 3.84. The van der Waals surface area contributed by atoms with Gasteiger partial charge in [0.25, 0.3) is 0 Å². The molecule has 1 aromatic carbocycles. The maximum Gasteiger partial charge on any atom is 0.192 e. The lowest BCUT2D eigenvalue weighted by atomic mass is 10.1. The van der Waals surface area contributed by atoms with Gasteiger partial charge in [-0.15, -0.1) is 0 Å². The van der Waals surface area contributed by atoms with Crippen LogP contribution in [0.3, 0.4) is 0 Å². The van der Waals surface area contributed by atoms with Crippen molar-refractivity contribution in [2.24, 2.45) is 0 Å². The van der Waals surface area contributed by atoms with Gasteiger partial charge in [-0.2, -0.15) is 0 Å². The predicted octanol–water partition coefficient (Wildman–Crippen LogP) is 4.93. The molecule has 1 aromatic heterocycles. The average molecular weight is 343 g/mol. The Labute approximate surface area is 147 Å². The van der Waals surface area contributed by atoms with Crippen LogP contribution < -0.4 is 5.32 Å². The molecule has 3 nitrogen and oxygen atoms in total. The lowest BCUT2D eigenvalue weighted by Crippen LogP contribution is -2.39. The zero-order valence-corrected chi connectivity index (χ0v) is 16.2. The number of nitrogens with zero attached hydrogens (tertiary/aromatic N) is 1. The quantitative estimate of drug-likeness (QED) is 0.621. The third kappa shape index (κ3) is 5.26. The highest BCUT2D eigenvalue weighted by atomic mass is 28.4. The Bertz CT molecular complexity index is 564. The highest BCUT2D eigenvalue weighted by molar-refractivity contribution is 6.73. The molecule has 2 rings (SSSR count). The minimum Gasteiger partial charge on any atom is -0.409 e. The summed E-state index contributed by atoms with van der Waals surface area (Å²) in [5.41, 5.74) is 2.47. The fourth-order valence-corrected chi connectivity index (χ4v) is 5.86. The van der Waals surface area contributed by atoms with Crippen LogP contribution in [-0.4, -0.2) is 19.8 Å². The SMILES string of the molecule is CC[Si](CC)(CC)O[C@@H](CNCc1ccccc1)c1cccnc1. The normalized spacial score (nSPS) is 13.0. The molecule has 0 amide bonds. The van der Waals surface area contributed by atoms with Gasteiger partial charge in [-0.1, -0.05) is 57.2 Å². The number of hydrogen-bond acceptors (Lipinski definition) is 3. The highest BCUT2D eigenvalue weighted by Gasteiger charge is 2.32. The molecule has 0 aliphatic rings. The Hall–Kier alpha value is -1.49. The van der Waals surface area contributed by atoms with E-state index in [1.165, 1.54) is 11.1 Å². The zero-order valence-electron chi connectivity index (χ0n) is 15.2. The summed E-state index contributed by atoms with van der Waals surface area (Å²) in [5.74, 6) is 0. The van der Waals surface area contributed by atoms with Gasteiger partial charge < -0.3 is 9.74 Å². The third-order valence-electron chi connectivity index (χ3n) is 4.88. The van der Waals surface area contributed by atoms with Gasteiger partial charge in [-0.25, -0.2) is 0 Å². The Morgan fingerprint density at radius 2 is 1.71 bits per heavy atom. The highest BCUT2D eigenvalue weighted by Crippen LogP contribution is 2.29. The second kappa shape index (κ2) is 9.72. The van der Waals surface area contributed by atoms with Crippen molar-refractivity contribution in [3.63, 3.8) is 0 Å². The molecular weight excluding hydrogens is 312 g/mol. The van der Waals surface area contributed by atoms with Crippen molar-refractivity contribution >= 4 is 8.32 Å². The van der Waals surface area contributed by atoms with Crippen LogP contribution >= 0.6 is 0 Å². The van der Waals surface area contributed by atoms with Crippen LogP contribution in [0.2, 0.25) is 18.1 Å². The molecular formula is C20H30N2OSi. The molecule has 2 aromatic rings. The minimum atomic E-state index is -1.66. The molecule has 0 fully saturated rings. The van der Waals surface area contributed by atoms with E-state index in [2.05, 4.69) is 67.5 Å². The molecule has 0 aliphatic heterocycles.